The second-order valence-corrected chi connectivity index (χ2v) is 22.2. The average molecular weight is 1220 g/mol. The fourth-order valence-electron chi connectivity index (χ4n) is 9.16. The Morgan fingerprint density at radius 2 is 1.60 bits per heavy atom. The molecule has 7 amide bonds. The molecule has 5 aromatic rings. The molecule has 456 valence electrons. The van der Waals surface area contributed by atoms with Crippen LogP contribution in [0.5, 0.6) is 5.88 Å². The summed E-state index contributed by atoms with van der Waals surface area (Å²) in [6, 6.07) is 12.2. The summed E-state index contributed by atoms with van der Waals surface area (Å²) in [6.07, 6.45) is -2.71. The van der Waals surface area contributed by atoms with Crippen LogP contribution in [0.15, 0.2) is 78.2 Å². The fraction of sp³-hybridized carbons (Fsp3) is 0.451. The van der Waals surface area contributed by atoms with Crippen LogP contribution in [0, 0.1) is 11.8 Å². The van der Waals surface area contributed by atoms with E-state index in [1.165, 1.54) is 48.4 Å². The molecule has 0 radical (unpaired) electrons. The first kappa shape index (κ1) is 63.0. The minimum Gasteiger partial charge on any atom is -0.474 e. The third kappa shape index (κ3) is 16.9. The predicted molar refractivity (Wildman–Crippen MR) is 297 cm³/mol. The number of ether oxygens (including phenoxy) is 3. The molecule has 10 N–H and O–H groups in total. The maximum atomic E-state index is 13.9. The molecule has 8 rings (SSSR count). The van der Waals surface area contributed by atoms with E-state index >= 15 is 0 Å². The van der Waals surface area contributed by atoms with E-state index < -0.39 is 137 Å². The number of amides is 7. The maximum Gasteiger partial charge on any atom is 0.410 e. The highest BCUT2D eigenvalue weighted by Crippen LogP contribution is 2.44. The van der Waals surface area contributed by atoms with Crippen molar-refractivity contribution in [1.29, 1.82) is 0 Å². The molecule has 34 heteroatoms. The summed E-state index contributed by atoms with van der Waals surface area (Å²) in [5.74, 6) is -4.68. The Kier molecular flexibility index (Phi) is 21.6. The zero-order valence-electron chi connectivity index (χ0n) is 46.2. The van der Waals surface area contributed by atoms with Crippen molar-refractivity contribution in [2.24, 2.45) is 17.6 Å². The quantitative estimate of drug-likeness (QED) is 0.0477. The zero-order chi connectivity index (χ0) is 60.9. The molecule has 2 bridgehead atoms. The van der Waals surface area contributed by atoms with Gasteiger partial charge in [-0.05, 0) is 48.6 Å². The number of imidazole rings is 1. The Bertz CT molecular complexity index is 3340. The molecule has 2 unspecified atom stereocenters. The van der Waals surface area contributed by atoms with Gasteiger partial charge in [-0.2, -0.15) is 4.98 Å². The van der Waals surface area contributed by atoms with Crippen molar-refractivity contribution >= 4 is 80.8 Å². The summed E-state index contributed by atoms with van der Waals surface area (Å²) in [6.45, 7) is 2.75. The molecule has 5 heterocycles. The van der Waals surface area contributed by atoms with Crippen LogP contribution in [0.1, 0.15) is 61.3 Å². The van der Waals surface area contributed by atoms with E-state index in [9.17, 15) is 52.6 Å². The average Bonchev–Trinajstić information content (AvgIpc) is 2.83. The van der Waals surface area contributed by atoms with Gasteiger partial charge >= 0.3 is 22.6 Å². The lowest BCUT2D eigenvalue weighted by atomic mass is 10.0. The van der Waals surface area contributed by atoms with Gasteiger partial charge in [-0.1, -0.05) is 44.2 Å². The van der Waals surface area contributed by atoms with Gasteiger partial charge in [0.05, 0.1) is 45.3 Å². The van der Waals surface area contributed by atoms with Gasteiger partial charge in [0.2, 0.25) is 41.4 Å². The molecule has 1 aliphatic carbocycles. The molecule has 85 heavy (non-hydrogen) atoms. The third-order valence-electron chi connectivity index (χ3n) is 13.6. The number of carbonyl (C=O) groups excluding carboxylic acids is 7. The number of nitrogens with one attached hydrogen (secondary N) is 7. The fourth-order valence-corrected chi connectivity index (χ4v) is 11.0. The summed E-state index contributed by atoms with van der Waals surface area (Å²) in [4.78, 5) is 123. The van der Waals surface area contributed by atoms with Crippen molar-refractivity contribution < 1.29 is 80.1 Å². The Balaban J connectivity index is 0.831. The molecule has 3 aromatic heterocycles. The van der Waals surface area contributed by atoms with Crippen LogP contribution in [0.4, 0.5) is 16.4 Å². The molecule has 0 spiro atoms. The number of hydrogen-bond acceptors (Lipinski definition) is 23. The van der Waals surface area contributed by atoms with E-state index in [1.807, 2.05) is 0 Å². The second-order valence-electron chi connectivity index (χ2n) is 20.2. The smallest absolute Gasteiger partial charge is 0.410 e. The Morgan fingerprint density at radius 1 is 0.871 bits per heavy atom. The standard InChI is InChI=1S/C51H64N14O18P2/c1-26(2)40(60-38(68)19-55-37(67)18-54-36(66)17-52)47(72)58-27(3)45(70)59-31-11-9-28(10-12-31)21-77-51(74)64(4)20-29-7-5-6-8-33(29)46(71)62-50-61-44-41(48(73)63-50)57-25-65(44)49-43-42(69)35(81-49)23-79-84(75)82-34-16-32(80-39-13-14-53-24-56-39)15-30(34)22-78-85(76)83-43/h5-14,24-27,30,32,34-35,40,42-43,49,69,84-85H,15-23,52H2,1-4H3,(H,54,66)(H,55,67)(H,58,72)(H,59,70)(H,60,68)(H2,61,62,63,71,73)/t27-,30+,32+,34-,35+,40-,42+,43+,49+/m0/s1. The van der Waals surface area contributed by atoms with Gasteiger partial charge < -0.3 is 70.1 Å². The summed E-state index contributed by atoms with van der Waals surface area (Å²) < 4.78 is 68.3. The van der Waals surface area contributed by atoms with Crippen LogP contribution < -0.4 is 47.9 Å². The molecule has 2 aromatic carbocycles. The highest BCUT2D eigenvalue weighted by Gasteiger charge is 2.48. The number of anilines is 2. The van der Waals surface area contributed by atoms with Crippen molar-refractivity contribution in [2.45, 2.75) is 95.6 Å². The number of aliphatic hydroxyl groups excluding tert-OH is 1. The third-order valence-corrected chi connectivity index (χ3v) is 15.4. The minimum absolute atomic E-state index is 0.0979. The van der Waals surface area contributed by atoms with E-state index in [0.29, 0.717) is 35.5 Å². The van der Waals surface area contributed by atoms with E-state index in [0.717, 1.165) is 0 Å². The van der Waals surface area contributed by atoms with Crippen LogP contribution in [0.2, 0.25) is 0 Å². The lowest BCUT2D eigenvalue weighted by Gasteiger charge is -2.24. The molecular weight excluding hydrogens is 1160 g/mol. The maximum absolute atomic E-state index is 13.9. The number of fused-ring (bicyclic) bond motifs is 4. The van der Waals surface area contributed by atoms with Crippen molar-refractivity contribution in [3.8, 4) is 5.88 Å². The number of rotatable bonds is 20. The Morgan fingerprint density at radius 3 is 2.34 bits per heavy atom. The summed E-state index contributed by atoms with van der Waals surface area (Å²) >= 11 is 0. The number of benzene rings is 2. The van der Waals surface area contributed by atoms with Crippen LogP contribution in [0.25, 0.3) is 11.2 Å². The van der Waals surface area contributed by atoms with E-state index in [2.05, 4.69) is 56.8 Å². The minimum atomic E-state index is -3.38. The second kappa shape index (κ2) is 29.2. The Hall–Kier alpha value is -8.06. The van der Waals surface area contributed by atoms with Gasteiger partial charge in [-0.3, -0.25) is 62.1 Å². The van der Waals surface area contributed by atoms with Crippen LogP contribution in [-0.4, -0.2) is 164 Å². The molecule has 11 atom stereocenters. The molecule has 2 aliphatic heterocycles. The normalized spacial score (nSPS) is 22.9. The number of nitrogens with two attached hydrogens (primary N) is 1. The van der Waals surface area contributed by atoms with Crippen LogP contribution in [0.3, 0.4) is 0 Å². The highest BCUT2D eigenvalue weighted by molar-refractivity contribution is 7.33. The van der Waals surface area contributed by atoms with Crippen molar-refractivity contribution in [1.82, 2.24) is 55.7 Å². The van der Waals surface area contributed by atoms with E-state index in [-0.39, 0.29) is 55.5 Å². The van der Waals surface area contributed by atoms with Crippen LogP contribution in [-0.2, 0) is 73.8 Å². The summed E-state index contributed by atoms with van der Waals surface area (Å²) in [5, 5.41) is 26.4. The summed E-state index contributed by atoms with van der Waals surface area (Å²) in [5.41, 5.74) is 5.45. The lowest BCUT2D eigenvalue weighted by Crippen LogP contribution is -2.55. The molecule has 32 nitrogen and oxygen atoms in total. The SMILES string of the molecule is CC(C)[C@H](NC(=O)CNC(=O)CNC(=O)CN)C(=O)N[C@@H](C)C(=O)Nc1ccc(COC(=O)N(C)Cc2ccccc2C(=O)Nc2nc3c(ncn3[C@@H]3O[C@@H]4CO[PH](=O)O[C@H]5C[C@H](Oc6ccncn6)C[C@@H]5CO[PH](=O)O[C@@H]3[C@@H]4O)c(=O)[nH]2)cc1. The molecular formula is C51H64N14O18P2. The number of H-pyrrole nitrogens is 1. The number of carbonyl (C=O) groups is 7. The molecule has 3 fully saturated rings. The van der Waals surface area contributed by atoms with Gasteiger partial charge in [-0.25, -0.2) is 19.7 Å². The number of aromatic nitrogens is 6. The first-order valence-electron chi connectivity index (χ1n) is 26.6. The first-order valence-corrected chi connectivity index (χ1v) is 29.1. The van der Waals surface area contributed by atoms with Crippen molar-refractivity contribution in [3.05, 3.63) is 100 Å². The van der Waals surface area contributed by atoms with Gasteiger partial charge in [0, 0.05) is 49.4 Å². The molecule has 1 saturated carbocycles. The molecule has 2 saturated heterocycles. The van der Waals surface area contributed by atoms with Gasteiger partial charge in [-0.15, -0.1) is 0 Å². The highest BCUT2D eigenvalue weighted by atomic mass is 31.1. The molecule has 3 aliphatic rings. The van der Waals surface area contributed by atoms with Crippen LogP contribution >= 0.6 is 16.5 Å². The van der Waals surface area contributed by atoms with E-state index in [1.54, 1.807) is 62.4 Å². The van der Waals surface area contributed by atoms with Gasteiger partial charge in [0.1, 0.15) is 49.4 Å². The number of aliphatic hydroxyl groups is 1. The predicted octanol–water partition coefficient (Wildman–Crippen LogP) is 0.418. The van der Waals surface area contributed by atoms with Gasteiger partial charge in [0.15, 0.2) is 17.4 Å². The number of hydrogen-bond donors (Lipinski definition) is 9. The number of aromatic amines is 1. The number of nitrogens with zero attached hydrogens (tertiary/aromatic N) is 6. The summed E-state index contributed by atoms with van der Waals surface area (Å²) in [7, 11) is -5.13. The largest absolute Gasteiger partial charge is 0.474 e. The van der Waals surface area contributed by atoms with E-state index in [4.69, 9.17) is 38.0 Å². The van der Waals surface area contributed by atoms with Crippen molar-refractivity contribution in [3.63, 3.8) is 0 Å². The van der Waals surface area contributed by atoms with Gasteiger partial charge in [0.25, 0.3) is 11.5 Å². The van der Waals surface area contributed by atoms with Crippen molar-refractivity contribution in [2.75, 3.05) is 50.5 Å². The zero-order valence-corrected chi connectivity index (χ0v) is 48.2. The first-order chi connectivity index (χ1) is 40.7. The monoisotopic (exact) mass is 1220 g/mol. The topological polar surface area (TPSA) is 429 Å². The Labute approximate surface area is 485 Å². The lowest BCUT2D eigenvalue weighted by molar-refractivity contribution is -0.132.